The number of hydrogen-bond acceptors (Lipinski definition) is 5. The van der Waals surface area contributed by atoms with Crippen LogP contribution >= 0.6 is 0 Å². The van der Waals surface area contributed by atoms with Crippen LogP contribution in [-0.4, -0.2) is 18.0 Å². The molecule has 0 saturated carbocycles. The van der Waals surface area contributed by atoms with E-state index in [1.807, 2.05) is 0 Å². The molecule has 17 heavy (non-hydrogen) atoms. The third-order valence-electron chi connectivity index (χ3n) is 1.64. The topological polar surface area (TPSA) is 84.9 Å². The Morgan fingerprint density at radius 3 is 2.41 bits per heavy atom. The molecule has 0 saturated heterocycles. The summed E-state index contributed by atoms with van der Waals surface area (Å²) in [5, 5.41) is 8.20. The van der Waals surface area contributed by atoms with E-state index in [4.69, 9.17) is 14.6 Å². The van der Waals surface area contributed by atoms with E-state index in [9.17, 15) is 4.79 Å². The quantitative estimate of drug-likeness (QED) is 0.211. The van der Waals surface area contributed by atoms with Crippen molar-refractivity contribution in [2.24, 2.45) is 0 Å². The predicted molar refractivity (Wildman–Crippen MR) is 55.1 cm³/mol. The Morgan fingerprint density at radius 1 is 1.35 bits per heavy atom. The molecule has 0 spiro atoms. The van der Waals surface area contributed by atoms with E-state index in [1.54, 1.807) is 24.3 Å². The molecule has 0 fully saturated rings. The molecule has 0 bridgehead atoms. The summed E-state index contributed by atoms with van der Waals surface area (Å²) in [6, 6.07) is 6.86. The average Bonchev–Trinajstić information content (AvgIpc) is 2.34. The van der Waals surface area contributed by atoms with Gasteiger partial charge in [-0.1, -0.05) is 12.1 Å². The monoisotopic (exact) mass is 240 g/mol. The Labute approximate surface area is 98.4 Å². The van der Waals surface area contributed by atoms with E-state index in [0.29, 0.717) is 5.75 Å². The van der Waals surface area contributed by atoms with Crippen LogP contribution in [-0.2, 0) is 25.7 Å². The van der Waals surface area contributed by atoms with Gasteiger partial charge in [0.05, 0.1) is 0 Å². The summed E-state index contributed by atoms with van der Waals surface area (Å²) in [5.74, 6) is 0.193. The Hall–Kier alpha value is -1.85. The van der Waals surface area contributed by atoms with Crippen LogP contribution in [0.25, 0.3) is 0 Å². The molecule has 0 heterocycles. The molecule has 0 aliphatic rings. The second-order valence-electron chi connectivity index (χ2n) is 2.82. The van der Waals surface area contributed by atoms with E-state index >= 15 is 0 Å². The Balaban J connectivity index is 0.00000121. The summed E-state index contributed by atoms with van der Waals surface area (Å²) in [6.07, 6.45) is 0. The van der Waals surface area contributed by atoms with E-state index in [0.717, 1.165) is 5.56 Å². The van der Waals surface area contributed by atoms with Crippen LogP contribution in [0.3, 0.4) is 0 Å². The van der Waals surface area contributed by atoms with Gasteiger partial charge in [-0.05, 0) is 17.7 Å². The van der Waals surface area contributed by atoms with Crippen molar-refractivity contribution in [3.05, 3.63) is 36.5 Å². The van der Waals surface area contributed by atoms with Gasteiger partial charge in [0, 0.05) is 6.92 Å². The van der Waals surface area contributed by atoms with Crippen molar-refractivity contribution in [2.75, 3.05) is 6.79 Å². The number of hydrogen-bond donors (Lipinski definition) is 1. The molecule has 0 atom stereocenters. The fourth-order valence-electron chi connectivity index (χ4n) is 0.937. The van der Waals surface area contributed by atoms with Crippen LogP contribution in [0, 0.1) is 6.65 Å². The van der Waals surface area contributed by atoms with Crippen LogP contribution in [0.4, 0.5) is 0 Å². The van der Waals surface area contributed by atoms with Gasteiger partial charge in [-0.3, -0.25) is 10.1 Å². The van der Waals surface area contributed by atoms with Gasteiger partial charge in [-0.15, -0.1) is 0 Å². The average molecular weight is 240 g/mol. The van der Waals surface area contributed by atoms with Gasteiger partial charge in [0.15, 0.2) is 0 Å². The third kappa shape index (κ3) is 7.10. The van der Waals surface area contributed by atoms with Gasteiger partial charge in [-0.25, -0.2) is 4.89 Å². The van der Waals surface area contributed by atoms with Crippen LogP contribution in [0.2, 0.25) is 0 Å². The molecule has 1 aromatic rings. The summed E-state index contributed by atoms with van der Waals surface area (Å²) in [5.41, 5.74) is 0.817. The summed E-state index contributed by atoms with van der Waals surface area (Å²) in [7, 11) is 0. The zero-order chi connectivity index (χ0) is 13.1. The molecule has 0 unspecified atom stereocenters. The van der Waals surface area contributed by atoms with Crippen LogP contribution in [0.1, 0.15) is 12.5 Å². The number of carbonyl (C=O) groups is 1. The second-order valence-corrected chi connectivity index (χ2v) is 2.82. The number of ether oxygens (including phenoxy) is 2. The maximum absolute atomic E-state index is 10.4. The van der Waals surface area contributed by atoms with E-state index in [-0.39, 0.29) is 19.4 Å². The summed E-state index contributed by atoms with van der Waals surface area (Å²) >= 11 is 0. The van der Waals surface area contributed by atoms with Gasteiger partial charge in [-0.2, -0.15) is 0 Å². The Kier molecular flexibility index (Phi) is 8.36. The summed E-state index contributed by atoms with van der Waals surface area (Å²) in [6.45, 7) is 5.83. The van der Waals surface area contributed by atoms with Crippen molar-refractivity contribution in [1.29, 1.82) is 0 Å². The molecule has 92 valence electrons. The van der Waals surface area contributed by atoms with E-state index in [2.05, 4.69) is 16.3 Å². The zero-order valence-electron chi connectivity index (χ0n) is 9.21. The van der Waals surface area contributed by atoms with Crippen molar-refractivity contribution >= 4 is 5.97 Å². The molecular weight excluding hydrogens is 228 g/mol. The molecule has 0 aliphatic carbocycles. The number of rotatable bonds is 5. The van der Waals surface area contributed by atoms with Gasteiger partial charge >= 0.3 is 17.3 Å². The second kappa shape index (κ2) is 9.38. The molecule has 1 rings (SSSR count). The predicted octanol–water partition coefficient (Wildman–Crippen LogP) is 1.54. The number of esters is 1. The molecule has 0 radical (unpaired) electrons. The van der Waals surface area contributed by atoms with Crippen LogP contribution < -0.4 is 4.74 Å². The Bertz CT molecular complexity index is 343. The molecule has 0 aromatic heterocycles. The SMILES string of the molecule is CC(=O)OCOc1ccc(COO)cc1.[C-]#[O+]. The van der Waals surface area contributed by atoms with Gasteiger partial charge in [0.25, 0.3) is 0 Å². The molecule has 6 heteroatoms. The van der Waals surface area contributed by atoms with Crippen molar-refractivity contribution in [3.8, 4) is 5.75 Å². The van der Waals surface area contributed by atoms with Crippen LogP contribution in [0.15, 0.2) is 24.3 Å². The van der Waals surface area contributed by atoms with E-state index < -0.39 is 0 Å². The minimum atomic E-state index is -0.389. The Morgan fingerprint density at radius 2 is 1.94 bits per heavy atom. The molecule has 0 aliphatic heterocycles. The van der Waals surface area contributed by atoms with Crippen molar-refractivity contribution in [2.45, 2.75) is 13.5 Å². The fraction of sp³-hybridized carbons (Fsp3) is 0.273. The molecule has 6 nitrogen and oxygen atoms in total. The summed E-state index contributed by atoms with van der Waals surface area (Å²) in [4.78, 5) is 14.4. The van der Waals surface area contributed by atoms with Gasteiger partial charge in [0.1, 0.15) is 12.4 Å². The van der Waals surface area contributed by atoms with Crippen molar-refractivity contribution in [3.63, 3.8) is 0 Å². The first kappa shape index (κ1) is 15.2. The number of carbonyl (C=O) groups excluding carboxylic acids is 1. The standard InChI is InChI=1S/C10H12O5.CO/c1-8(11)13-7-14-10-4-2-9(3-5-10)6-15-12;1-2/h2-5,12H,6-7H2,1H3;. The van der Waals surface area contributed by atoms with Crippen molar-refractivity contribution < 1.29 is 29.1 Å². The van der Waals surface area contributed by atoms with E-state index in [1.165, 1.54) is 6.92 Å². The normalized spacial score (nSPS) is 8.71. The van der Waals surface area contributed by atoms with Gasteiger partial charge < -0.3 is 9.47 Å². The zero-order valence-corrected chi connectivity index (χ0v) is 9.21. The first-order valence-corrected chi connectivity index (χ1v) is 4.54. The minimum absolute atomic E-state index is 0.106. The number of benzene rings is 1. The van der Waals surface area contributed by atoms with Gasteiger partial charge in [0.2, 0.25) is 6.79 Å². The van der Waals surface area contributed by atoms with Crippen LogP contribution in [0.5, 0.6) is 5.75 Å². The molecule has 1 N–H and O–H groups in total. The first-order chi connectivity index (χ1) is 8.22. The third-order valence-corrected chi connectivity index (χ3v) is 1.64. The molecular formula is C11H12O6. The van der Waals surface area contributed by atoms with Crippen molar-refractivity contribution in [1.82, 2.24) is 0 Å². The molecule has 0 amide bonds. The summed E-state index contributed by atoms with van der Waals surface area (Å²) < 4.78 is 17.2. The fourth-order valence-corrected chi connectivity index (χ4v) is 0.937. The maximum atomic E-state index is 10.4. The first-order valence-electron chi connectivity index (χ1n) is 4.54. The molecule has 1 aromatic carbocycles.